The maximum Gasteiger partial charge on any atom is 0.209 e. The van der Waals surface area contributed by atoms with Gasteiger partial charge in [-0.15, -0.1) is 0 Å². The lowest BCUT2D eigenvalue weighted by molar-refractivity contribution is 0.0394. The van der Waals surface area contributed by atoms with Crippen LogP contribution in [0.3, 0.4) is 0 Å². The number of hydrogen-bond acceptors (Lipinski definition) is 3. The number of ether oxygens (including phenoxy) is 1. The Hall–Kier alpha value is -0.670. The van der Waals surface area contributed by atoms with Crippen molar-refractivity contribution in [2.24, 2.45) is 5.41 Å². The minimum Gasteiger partial charge on any atom is -0.464 e. The van der Waals surface area contributed by atoms with Gasteiger partial charge in [0.2, 0.25) is 6.29 Å². The first-order valence-corrected chi connectivity index (χ1v) is 10.3. The molecule has 0 N–H and O–H groups in total. The molecular formula is C21H34O2S. The fourth-order valence-electron chi connectivity index (χ4n) is 3.66. The smallest absolute Gasteiger partial charge is 0.209 e. The second kappa shape index (κ2) is 9.15. The third-order valence-corrected chi connectivity index (χ3v) is 6.04. The Morgan fingerprint density at radius 3 is 2.25 bits per heavy atom. The summed E-state index contributed by atoms with van der Waals surface area (Å²) in [6, 6.07) is 8.56. The number of rotatable bonds is 7. The molecular weight excluding hydrogens is 316 g/mol. The van der Waals surface area contributed by atoms with Crippen molar-refractivity contribution in [1.29, 1.82) is 0 Å². The van der Waals surface area contributed by atoms with Crippen LogP contribution >= 0.6 is 12.0 Å². The molecule has 2 atom stereocenters. The van der Waals surface area contributed by atoms with E-state index in [0.29, 0.717) is 11.2 Å². The van der Waals surface area contributed by atoms with Crippen LogP contribution < -0.4 is 4.74 Å². The van der Waals surface area contributed by atoms with Gasteiger partial charge in [-0.05, 0) is 67.3 Å². The molecule has 0 aliphatic heterocycles. The second-order valence-electron chi connectivity index (χ2n) is 8.03. The molecule has 1 aliphatic carbocycles. The van der Waals surface area contributed by atoms with Gasteiger partial charge >= 0.3 is 0 Å². The lowest BCUT2D eigenvalue weighted by atomic mass is 9.75. The van der Waals surface area contributed by atoms with Gasteiger partial charge in [0.15, 0.2) is 0 Å². The van der Waals surface area contributed by atoms with E-state index in [-0.39, 0.29) is 11.7 Å². The highest BCUT2D eigenvalue weighted by Gasteiger charge is 2.24. The maximum atomic E-state index is 5.92. The van der Waals surface area contributed by atoms with E-state index < -0.39 is 0 Å². The van der Waals surface area contributed by atoms with Gasteiger partial charge in [0, 0.05) is 5.25 Å². The molecule has 2 nitrogen and oxygen atoms in total. The molecule has 1 fully saturated rings. The van der Waals surface area contributed by atoms with Crippen LogP contribution in [-0.4, -0.2) is 11.5 Å². The summed E-state index contributed by atoms with van der Waals surface area (Å²) >= 11 is 1.61. The van der Waals surface area contributed by atoms with Crippen molar-refractivity contribution >= 4 is 12.0 Å². The van der Waals surface area contributed by atoms with Crippen LogP contribution in [0.1, 0.15) is 84.6 Å². The second-order valence-corrected chi connectivity index (χ2v) is 9.09. The van der Waals surface area contributed by atoms with E-state index in [0.717, 1.165) is 12.2 Å². The van der Waals surface area contributed by atoms with Gasteiger partial charge in [-0.1, -0.05) is 59.1 Å². The summed E-state index contributed by atoms with van der Waals surface area (Å²) in [4.78, 5) is 0. The molecule has 0 radical (unpaired) electrons. The SMILES string of the molecule is CCC(c1ccc(OC(C)OSC2CCCCC2)cc1)C(C)(C)C. The van der Waals surface area contributed by atoms with E-state index >= 15 is 0 Å². The Morgan fingerprint density at radius 2 is 1.71 bits per heavy atom. The summed E-state index contributed by atoms with van der Waals surface area (Å²) in [6.07, 6.45) is 7.54. The summed E-state index contributed by atoms with van der Waals surface area (Å²) in [7, 11) is 0. The highest BCUT2D eigenvalue weighted by Crippen LogP contribution is 2.38. The predicted molar refractivity (Wildman–Crippen MR) is 105 cm³/mol. The summed E-state index contributed by atoms with van der Waals surface area (Å²) in [5, 5.41) is 0.643. The molecule has 136 valence electrons. The van der Waals surface area contributed by atoms with Gasteiger partial charge in [-0.25, -0.2) is 0 Å². The first-order valence-electron chi connectivity index (χ1n) is 9.49. The van der Waals surface area contributed by atoms with Gasteiger partial charge < -0.3 is 4.74 Å². The number of hydrogen-bond donors (Lipinski definition) is 0. The summed E-state index contributed by atoms with van der Waals surface area (Å²) in [5.41, 5.74) is 1.67. The predicted octanol–water partition coefficient (Wildman–Crippen LogP) is 6.95. The minimum atomic E-state index is -0.215. The molecule has 0 bridgehead atoms. The minimum absolute atomic E-state index is 0.215. The molecule has 0 saturated heterocycles. The standard InChI is InChI=1S/C21H34O2S/c1-6-20(21(3,4)5)17-12-14-18(15-13-17)22-16(2)23-24-19-10-8-7-9-11-19/h12-16,19-20H,6-11H2,1-5H3. The van der Waals surface area contributed by atoms with Gasteiger partial charge in [0.1, 0.15) is 5.75 Å². The van der Waals surface area contributed by atoms with E-state index in [9.17, 15) is 0 Å². The van der Waals surface area contributed by atoms with E-state index in [4.69, 9.17) is 8.92 Å². The van der Waals surface area contributed by atoms with Crippen LogP contribution in [0.15, 0.2) is 24.3 Å². The van der Waals surface area contributed by atoms with Crippen LogP contribution in [0.4, 0.5) is 0 Å². The third kappa shape index (κ3) is 6.00. The van der Waals surface area contributed by atoms with E-state index in [1.807, 2.05) is 6.92 Å². The quantitative estimate of drug-likeness (QED) is 0.391. The molecule has 0 aromatic heterocycles. The van der Waals surface area contributed by atoms with Crippen LogP contribution in [0, 0.1) is 5.41 Å². The van der Waals surface area contributed by atoms with Crippen molar-refractivity contribution in [2.45, 2.75) is 90.6 Å². The van der Waals surface area contributed by atoms with E-state index in [1.54, 1.807) is 12.0 Å². The van der Waals surface area contributed by atoms with Crippen molar-refractivity contribution in [3.8, 4) is 5.75 Å². The van der Waals surface area contributed by atoms with Crippen molar-refractivity contribution in [1.82, 2.24) is 0 Å². The first-order chi connectivity index (χ1) is 11.4. The average molecular weight is 351 g/mol. The summed E-state index contributed by atoms with van der Waals surface area (Å²) in [5.74, 6) is 1.46. The normalized spacial score (nSPS) is 19.0. The summed E-state index contributed by atoms with van der Waals surface area (Å²) in [6.45, 7) is 11.2. The molecule has 2 unspecified atom stereocenters. The molecule has 1 saturated carbocycles. The van der Waals surface area contributed by atoms with Crippen LogP contribution in [0.5, 0.6) is 5.75 Å². The van der Waals surface area contributed by atoms with Gasteiger partial charge in [-0.2, -0.15) is 0 Å². The molecule has 2 rings (SSSR count). The van der Waals surface area contributed by atoms with Gasteiger partial charge in [0.05, 0.1) is 0 Å². The van der Waals surface area contributed by atoms with Crippen LogP contribution in [-0.2, 0) is 4.18 Å². The zero-order valence-corrected chi connectivity index (χ0v) is 16.8. The molecule has 1 aromatic carbocycles. The summed E-state index contributed by atoms with van der Waals surface area (Å²) < 4.78 is 11.7. The molecule has 0 amide bonds. The fraction of sp³-hybridized carbons (Fsp3) is 0.714. The largest absolute Gasteiger partial charge is 0.464 e. The van der Waals surface area contributed by atoms with Crippen molar-refractivity contribution in [3.63, 3.8) is 0 Å². The van der Waals surface area contributed by atoms with Crippen molar-refractivity contribution in [2.75, 3.05) is 0 Å². The van der Waals surface area contributed by atoms with Crippen LogP contribution in [0.25, 0.3) is 0 Å². The van der Waals surface area contributed by atoms with E-state index in [1.165, 1.54) is 37.7 Å². The fourth-order valence-corrected chi connectivity index (χ4v) is 4.53. The molecule has 0 heterocycles. The van der Waals surface area contributed by atoms with Crippen LogP contribution in [0.2, 0.25) is 0 Å². The molecule has 1 aliphatic rings. The van der Waals surface area contributed by atoms with Crippen molar-refractivity contribution < 1.29 is 8.92 Å². The van der Waals surface area contributed by atoms with E-state index in [2.05, 4.69) is 52.0 Å². The third-order valence-electron chi connectivity index (χ3n) is 4.92. The highest BCUT2D eigenvalue weighted by atomic mass is 32.2. The highest BCUT2D eigenvalue weighted by molar-refractivity contribution is 7.95. The average Bonchev–Trinajstić information content (AvgIpc) is 2.55. The van der Waals surface area contributed by atoms with Crippen molar-refractivity contribution in [3.05, 3.63) is 29.8 Å². The molecule has 24 heavy (non-hydrogen) atoms. The monoisotopic (exact) mass is 350 g/mol. The molecule has 3 heteroatoms. The lowest BCUT2D eigenvalue weighted by Crippen LogP contribution is -2.18. The number of benzene rings is 1. The Morgan fingerprint density at radius 1 is 1.08 bits per heavy atom. The lowest BCUT2D eigenvalue weighted by Gasteiger charge is -2.30. The van der Waals surface area contributed by atoms with Gasteiger partial charge in [-0.3, -0.25) is 4.18 Å². The maximum absolute atomic E-state index is 5.92. The molecule has 0 spiro atoms. The Labute approximate surface area is 152 Å². The topological polar surface area (TPSA) is 18.5 Å². The Bertz CT molecular complexity index is 472. The zero-order chi connectivity index (χ0) is 17.6. The van der Waals surface area contributed by atoms with Gasteiger partial charge in [0.25, 0.3) is 0 Å². The first kappa shape index (κ1) is 19.7. The molecule has 1 aromatic rings. The zero-order valence-electron chi connectivity index (χ0n) is 16.0. The Balaban J connectivity index is 1.84. The Kier molecular flexibility index (Phi) is 7.49.